The Bertz CT molecular complexity index is 1200. The van der Waals surface area contributed by atoms with E-state index in [1.165, 1.54) is 0 Å². The second-order valence-corrected chi connectivity index (χ2v) is 9.38. The van der Waals surface area contributed by atoms with Gasteiger partial charge in [0.1, 0.15) is 6.04 Å². The Labute approximate surface area is 194 Å². The van der Waals surface area contributed by atoms with Gasteiger partial charge in [0.15, 0.2) is 0 Å². The van der Waals surface area contributed by atoms with Gasteiger partial charge in [-0.3, -0.25) is 13.9 Å². The van der Waals surface area contributed by atoms with Crippen molar-refractivity contribution < 1.29 is 18.0 Å². The predicted octanol–water partition coefficient (Wildman–Crippen LogP) is 3.80. The van der Waals surface area contributed by atoms with Crippen LogP contribution in [-0.2, 0) is 21.4 Å². The average Bonchev–Trinajstić information content (AvgIpc) is 2.81. The molecule has 0 spiro atoms. The molecule has 0 saturated carbocycles. The molecule has 0 saturated heterocycles. The van der Waals surface area contributed by atoms with Crippen molar-refractivity contribution in [2.45, 2.75) is 25.9 Å². The molecule has 0 radical (unpaired) electrons. The number of anilines is 2. The highest BCUT2D eigenvalue weighted by Gasteiger charge is 2.32. The quantitative estimate of drug-likeness (QED) is 0.502. The highest BCUT2D eigenvalue weighted by Crippen LogP contribution is 2.24. The van der Waals surface area contributed by atoms with E-state index in [-0.39, 0.29) is 12.3 Å². The van der Waals surface area contributed by atoms with E-state index >= 15 is 0 Å². The maximum atomic E-state index is 13.2. The number of sulfonamides is 1. The van der Waals surface area contributed by atoms with Crippen molar-refractivity contribution in [2.24, 2.45) is 0 Å². The van der Waals surface area contributed by atoms with Crippen LogP contribution in [0.1, 0.15) is 29.3 Å². The number of hydrogen-bond donors (Lipinski definition) is 2. The minimum atomic E-state index is -3.74. The second kappa shape index (κ2) is 10.8. The summed E-state index contributed by atoms with van der Waals surface area (Å²) in [5.41, 5.74) is 1.95. The Morgan fingerprint density at radius 2 is 1.45 bits per heavy atom. The Balaban J connectivity index is 1.82. The van der Waals surface area contributed by atoms with Gasteiger partial charge in [-0.2, -0.15) is 0 Å². The maximum absolute atomic E-state index is 13.2. The lowest BCUT2D eigenvalue weighted by Gasteiger charge is -2.30. The van der Waals surface area contributed by atoms with Crippen molar-refractivity contribution in [1.29, 1.82) is 0 Å². The van der Waals surface area contributed by atoms with Gasteiger partial charge < -0.3 is 10.6 Å². The number of carbonyl (C=O) groups excluding carboxylic acids is 2. The maximum Gasteiger partial charge on any atom is 0.253 e. The molecule has 2 amide bonds. The van der Waals surface area contributed by atoms with Crippen molar-refractivity contribution in [3.63, 3.8) is 0 Å². The van der Waals surface area contributed by atoms with E-state index in [1.54, 1.807) is 61.5 Å². The molecule has 33 heavy (non-hydrogen) atoms. The number of hydrogen-bond acceptors (Lipinski definition) is 4. The molecule has 3 rings (SSSR count). The molecule has 0 aliphatic rings. The lowest BCUT2D eigenvalue weighted by molar-refractivity contribution is -0.117. The molecular weight excluding hydrogens is 438 g/mol. The summed E-state index contributed by atoms with van der Waals surface area (Å²) in [5, 5.41) is 5.61. The lowest BCUT2D eigenvalue weighted by Crippen LogP contribution is -2.47. The van der Waals surface area contributed by atoms with Crippen LogP contribution < -0.4 is 14.9 Å². The van der Waals surface area contributed by atoms with E-state index in [1.807, 2.05) is 30.3 Å². The third-order valence-corrected chi connectivity index (χ3v) is 6.25. The Kier molecular flexibility index (Phi) is 7.84. The lowest BCUT2D eigenvalue weighted by atomic mass is 10.1. The normalized spacial score (nSPS) is 11.9. The first-order valence-electron chi connectivity index (χ1n) is 10.6. The number of benzene rings is 3. The van der Waals surface area contributed by atoms with Crippen molar-refractivity contribution in [2.75, 3.05) is 15.9 Å². The van der Waals surface area contributed by atoms with Crippen LogP contribution in [0.5, 0.6) is 0 Å². The number of nitrogens with zero attached hydrogens (tertiary/aromatic N) is 1. The molecule has 3 aromatic carbocycles. The fourth-order valence-corrected chi connectivity index (χ4v) is 4.73. The molecule has 0 bridgehead atoms. The predicted molar refractivity (Wildman–Crippen MR) is 131 cm³/mol. The zero-order valence-corrected chi connectivity index (χ0v) is 19.4. The van der Waals surface area contributed by atoms with Gasteiger partial charge in [-0.05, 0) is 36.2 Å². The summed E-state index contributed by atoms with van der Waals surface area (Å²) in [6, 6.07) is 23.6. The summed E-state index contributed by atoms with van der Waals surface area (Å²) >= 11 is 0. The van der Waals surface area contributed by atoms with E-state index < -0.39 is 22.0 Å². The molecule has 1 atom stereocenters. The molecule has 0 aliphatic carbocycles. The van der Waals surface area contributed by atoms with Crippen LogP contribution in [0.15, 0.2) is 84.9 Å². The molecule has 0 unspecified atom stereocenters. The molecule has 0 aliphatic heterocycles. The summed E-state index contributed by atoms with van der Waals surface area (Å²) in [7, 11) is -3.74. The fourth-order valence-electron chi connectivity index (χ4n) is 3.51. The smallest absolute Gasteiger partial charge is 0.253 e. The van der Waals surface area contributed by atoms with Crippen LogP contribution in [0.4, 0.5) is 11.4 Å². The monoisotopic (exact) mass is 465 g/mol. The minimum absolute atomic E-state index is 0.246. The Hall–Kier alpha value is -3.65. The molecule has 0 fully saturated rings. The van der Waals surface area contributed by atoms with E-state index in [0.29, 0.717) is 23.5 Å². The van der Waals surface area contributed by atoms with Gasteiger partial charge in [0, 0.05) is 6.54 Å². The molecule has 172 valence electrons. The molecule has 0 aromatic heterocycles. The summed E-state index contributed by atoms with van der Waals surface area (Å²) < 4.78 is 26.2. The van der Waals surface area contributed by atoms with Gasteiger partial charge in [-0.25, -0.2) is 8.42 Å². The summed E-state index contributed by atoms with van der Waals surface area (Å²) in [4.78, 5) is 26.0. The van der Waals surface area contributed by atoms with Crippen molar-refractivity contribution in [3.8, 4) is 0 Å². The molecule has 8 heteroatoms. The van der Waals surface area contributed by atoms with Crippen LogP contribution in [0.3, 0.4) is 0 Å². The van der Waals surface area contributed by atoms with Gasteiger partial charge in [0.05, 0.1) is 23.2 Å². The number of carbonyl (C=O) groups is 2. The third-order valence-electron chi connectivity index (χ3n) is 5.07. The highest BCUT2D eigenvalue weighted by atomic mass is 32.2. The number of rotatable bonds is 9. The van der Waals surface area contributed by atoms with Crippen LogP contribution in [0.2, 0.25) is 0 Å². The van der Waals surface area contributed by atoms with Gasteiger partial charge >= 0.3 is 0 Å². The van der Waals surface area contributed by atoms with E-state index in [0.717, 1.165) is 16.1 Å². The zero-order valence-electron chi connectivity index (χ0n) is 18.6. The van der Waals surface area contributed by atoms with Crippen molar-refractivity contribution in [1.82, 2.24) is 5.32 Å². The molecule has 2 N–H and O–H groups in total. The van der Waals surface area contributed by atoms with Gasteiger partial charge in [-0.15, -0.1) is 0 Å². The fraction of sp³-hybridized carbons (Fsp3) is 0.200. The topological polar surface area (TPSA) is 95.6 Å². The molecule has 0 heterocycles. The summed E-state index contributed by atoms with van der Waals surface area (Å²) in [6.45, 7) is 2.08. The third kappa shape index (κ3) is 6.20. The van der Waals surface area contributed by atoms with E-state index in [4.69, 9.17) is 0 Å². The van der Waals surface area contributed by atoms with Crippen LogP contribution in [0, 0.1) is 0 Å². The van der Waals surface area contributed by atoms with Gasteiger partial charge in [0.2, 0.25) is 15.9 Å². The largest absolute Gasteiger partial charge is 0.348 e. The minimum Gasteiger partial charge on any atom is -0.348 e. The highest BCUT2D eigenvalue weighted by molar-refractivity contribution is 7.92. The number of para-hydroxylation sites is 2. The van der Waals surface area contributed by atoms with Crippen molar-refractivity contribution in [3.05, 3.63) is 96.1 Å². The first-order valence-corrected chi connectivity index (χ1v) is 12.4. The first-order chi connectivity index (χ1) is 15.8. The van der Waals surface area contributed by atoms with Gasteiger partial charge in [-0.1, -0.05) is 67.6 Å². The van der Waals surface area contributed by atoms with E-state index in [2.05, 4.69) is 10.6 Å². The SMILES string of the molecule is CC[C@H](C(=O)Nc1ccccc1C(=O)NCc1ccccc1)N(c1ccccc1)S(C)(=O)=O. The van der Waals surface area contributed by atoms with Crippen LogP contribution in [-0.4, -0.2) is 32.5 Å². The van der Waals surface area contributed by atoms with Gasteiger partial charge in [0.25, 0.3) is 5.91 Å². The Morgan fingerprint density at radius 3 is 2.06 bits per heavy atom. The summed E-state index contributed by atoms with van der Waals surface area (Å²) in [5.74, 6) is -0.860. The molecule has 3 aromatic rings. The first kappa shape index (κ1) is 24.0. The van der Waals surface area contributed by atoms with Crippen LogP contribution >= 0.6 is 0 Å². The molecular formula is C25H27N3O4S. The summed E-state index contributed by atoms with van der Waals surface area (Å²) in [6.07, 6.45) is 1.32. The van der Waals surface area contributed by atoms with E-state index in [9.17, 15) is 18.0 Å². The standard InChI is InChI=1S/C25H27N3O4S/c1-3-23(28(33(2,31)32)20-14-8-5-9-15-20)25(30)27-22-17-11-10-16-21(22)24(29)26-18-19-12-6-4-7-13-19/h4-17,23H,3,18H2,1-2H3,(H,26,29)(H,27,30)/t23-/m1/s1. The second-order valence-electron chi connectivity index (χ2n) is 7.52. The zero-order chi connectivity index (χ0) is 23.8. The number of amides is 2. The van der Waals surface area contributed by atoms with Crippen LogP contribution in [0.25, 0.3) is 0 Å². The molecule has 7 nitrogen and oxygen atoms in total. The number of nitrogens with one attached hydrogen (secondary N) is 2. The van der Waals surface area contributed by atoms with Crippen molar-refractivity contribution >= 4 is 33.2 Å². The Morgan fingerprint density at radius 1 is 0.879 bits per heavy atom. The average molecular weight is 466 g/mol.